The Morgan fingerprint density at radius 2 is 2.05 bits per heavy atom. The maximum absolute atomic E-state index is 12.6. The number of nitrogens with zero attached hydrogens (tertiary/aromatic N) is 1. The van der Waals surface area contributed by atoms with Crippen LogP contribution in [-0.2, 0) is 17.6 Å². The highest BCUT2D eigenvalue weighted by Gasteiger charge is 2.31. The molecule has 3 rings (SSSR count). The van der Waals surface area contributed by atoms with Gasteiger partial charge in [-0.1, -0.05) is 20.8 Å². The van der Waals surface area contributed by atoms with Crippen LogP contribution in [0.3, 0.4) is 0 Å². The van der Waals surface area contributed by atoms with Crippen molar-refractivity contribution in [3.05, 3.63) is 21.4 Å². The van der Waals surface area contributed by atoms with Crippen LogP contribution in [0.25, 0.3) is 0 Å². The number of carbonyl (C=O) groups excluding carboxylic acids is 1. The van der Waals surface area contributed by atoms with Gasteiger partial charge < -0.3 is 9.64 Å². The Labute approximate surface area is 131 Å². The molecule has 1 aromatic rings. The topological polar surface area (TPSA) is 29.5 Å². The summed E-state index contributed by atoms with van der Waals surface area (Å²) in [5.41, 5.74) is 1.77. The molecule has 1 amide bonds. The molecule has 3 nitrogen and oxygen atoms in total. The average Bonchev–Trinajstić information content (AvgIpc) is 2.89. The molecule has 1 aliphatic carbocycles. The predicted molar refractivity (Wildman–Crippen MR) is 86.0 cm³/mol. The Kier molecular flexibility index (Phi) is 4.10. The summed E-state index contributed by atoms with van der Waals surface area (Å²) in [7, 11) is 0. The minimum atomic E-state index is 0.199. The second-order valence-electron chi connectivity index (χ2n) is 7.27. The largest absolute Gasteiger partial charge is 0.378 e. The van der Waals surface area contributed by atoms with E-state index in [1.165, 1.54) is 16.9 Å². The van der Waals surface area contributed by atoms with Gasteiger partial charge in [0, 0.05) is 18.0 Å². The van der Waals surface area contributed by atoms with E-state index in [2.05, 4.69) is 26.8 Å². The van der Waals surface area contributed by atoms with Gasteiger partial charge in [-0.05, 0) is 42.2 Å². The monoisotopic (exact) mass is 307 g/mol. The molecule has 116 valence electrons. The smallest absolute Gasteiger partial charge is 0.264 e. The van der Waals surface area contributed by atoms with Crippen molar-refractivity contribution in [2.24, 2.45) is 11.3 Å². The molecule has 1 saturated heterocycles. The van der Waals surface area contributed by atoms with Crippen LogP contribution in [0.15, 0.2) is 6.07 Å². The van der Waals surface area contributed by atoms with Crippen molar-refractivity contribution in [2.45, 2.75) is 40.0 Å². The molecule has 2 heterocycles. The second kappa shape index (κ2) is 5.73. The maximum atomic E-state index is 12.6. The van der Waals surface area contributed by atoms with Gasteiger partial charge in [0.15, 0.2) is 0 Å². The quantitative estimate of drug-likeness (QED) is 0.796. The SMILES string of the molecule is CC(C)(C)[C@H]1CCc2sc(C(=O)N3CCOCC3)cc2C1. The van der Waals surface area contributed by atoms with E-state index >= 15 is 0 Å². The van der Waals surface area contributed by atoms with Crippen molar-refractivity contribution in [1.82, 2.24) is 4.90 Å². The summed E-state index contributed by atoms with van der Waals surface area (Å²) in [6.07, 6.45) is 3.52. The number of carbonyl (C=O) groups is 1. The fourth-order valence-electron chi connectivity index (χ4n) is 3.29. The van der Waals surface area contributed by atoms with E-state index in [9.17, 15) is 4.79 Å². The van der Waals surface area contributed by atoms with Gasteiger partial charge >= 0.3 is 0 Å². The van der Waals surface area contributed by atoms with Crippen LogP contribution >= 0.6 is 11.3 Å². The molecule has 0 N–H and O–H groups in total. The fraction of sp³-hybridized carbons (Fsp3) is 0.706. The van der Waals surface area contributed by atoms with Crippen LogP contribution in [0.5, 0.6) is 0 Å². The number of hydrogen-bond donors (Lipinski definition) is 0. The van der Waals surface area contributed by atoms with Crippen LogP contribution < -0.4 is 0 Å². The standard InChI is InChI=1S/C17H25NO2S/c1-17(2,3)13-4-5-14-12(10-13)11-15(21-14)16(19)18-6-8-20-9-7-18/h11,13H,4-10H2,1-3H3/t13-/m0/s1. The molecule has 1 aliphatic heterocycles. The molecule has 0 bridgehead atoms. The first-order valence-electron chi connectivity index (χ1n) is 7.94. The summed E-state index contributed by atoms with van der Waals surface area (Å²) in [6, 6.07) is 2.16. The third-order valence-electron chi connectivity index (χ3n) is 4.82. The summed E-state index contributed by atoms with van der Waals surface area (Å²) in [4.78, 5) is 16.9. The molecule has 1 fully saturated rings. The molecule has 0 radical (unpaired) electrons. The van der Waals surface area contributed by atoms with E-state index in [-0.39, 0.29) is 5.91 Å². The summed E-state index contributed by atoms with van der Waals surface area (Å²) < 4.78 is 5.33. The Morgan fingerprint density at radius 3 is 2.71 bits per heavy atom. The van der Waals surface area contributed by atoms with Crippen LogP contribution in [0.2, 0.25) is 0 Å². The van der Waals surface area contributed by atoms with Crippen molar-refractivity contribution in [1.29, 1.82) is 0 Å². The minimum Gasteiger partial charge on any atom is -0.378 e. The Bertz CT molecular complexity index is 523. The molecule has 2 aliphatic rings. The molecule has 4 heteroatoms. The van der Waals surface area contributed by atoms with Gasteiger partial charge in [-0.25, -0.2) is 0 Å². The summed E-state index contributed by atoms with van der Waals surface area (Å²) in [6.45, 7) is 9.78. The number of rotatable bonds is 1. The van der Waals surface area contributed by atoms with E-state index in [4.69, 9.17) is 4.74 Å². The summed E-state index contributed by atoms with van der Waals surface area (Å²) >= 11 is 1.72. The van der Waals surface area contributed by atoms with E-state index in [0.29, 0.717) is 18.6 Å². The number of ether oxygens (including phenoxy) is 1. The fourth-order valence-corrected chi connectivity index (χ4v) is 4.47. The Balaban J connectivity index is 1.75. The lowest BCUT2D eigenvalue weighted by molar-refractivity contribution is 0.0306. The van der Waals surface area contributed by atoms with Crippen molar-refractivity contribution >= 4 is 17.2 Å². The molecular formula is C17H25NO2S. The highest BCUT2D eigenvalue weighted by atomic mass is 32.1. The van der Waals surface area contributed by atoms with Crippen LogP contribution in [0.1, 0.15) is 47.3 Å². The van der Waals surface area contributed by atoms with Gasteiger partial charge in [-0.3, -0.25) is 4.79 Å². The van der Waals surface area contributed by atoms with Gasteiger partial charge in [-0.15, -0.1) is 11.3 Å². The van der Waals surface area contributed by atoms with Gasteiger partial charge in [-0.2, -0.15) is 0 Å². The van der Waals surface area contributed by atoms with Crippen molar-refractivity contribution in [3.8, 4) is 0 Å². The minimum absolute atomic E-state index is 0.199. The second-order valence-corrected chi connectivity index (χ2v) is 8.41. The highest BCUT2D eigenvalue weighted by molar-refractivity contribution is 7.14. The lowest BCUT2D eigenvalue weighted by Crippen LogP contribution is -2.40. The number of fused-ring (bicyclic) bond motifs is 1. The summed E-state index contributed by atoms with van der Waals surface area (Å²) in [5.74, 6) is 0.927. The zero-order valence-electron chi connectivity index (χ0n) is 13.3. The Morgan fingerprint density at radius 1 is 1.33 bits per heavy atom. The zero-order chi connectivity index (χ0) is 15.0. The predicted octanol–water partition coefficient (Wildman–Crippen LogP) is 3.37. The molecule has 0 aromatic carbocycles. The average molecular weight is 307 g/mol. The van der Waals surface area contributed by atoms with E-state index in [1.807, 2.05) is 4.90 Å². The number of thiophene rings is 1. The Hall–Kier alpha value is -0.870. The number of morpholine rings is 1. The first kappa shape index (κ1) is 15.0. The van der Waals surface area contributed by atoms with Crippen molar-refractivity contribution in [3.63, 3.8) is 0 Å². The van der Waals surface area contributed by atoms with E-state index in [1.54, 1.807) is 11.3 Å². The number of aryl methyl sites for hydroxylation is 1. The maximum Gasteiger partial charge on any atom is 0.264 e. The third-order valence-corrected chi connectivity index (χ3v) is 6.04. The van der Waals surface area contributed by atoms with E-state index < -0.39 is 0 Å². The zero-order valence-corrected chi connectivity index (χ0v) is 14.1. The van der Waals surface area contributed by atoms with E-state index in [0.717, 1.165) is 36.7 Å². The number of amides is 1. The lowest BCUT2D eigenvalue weighted by atomic mass is 9.72. The van der Waals surface area contributed by atoms with Gasteiger partial charge in [0.2, 0.25) is 0 Å². The van der Waals surface area contributed by atoms with Gasteiger partial charge in [0.1, 0.15) is 0 Å². The first-order chi connectivity index (χ1) is 9.95. The highest BCUT2D eigenvalue weighted by Crippen LogP contribution is 2.40. The van der Waals surface area contributed by atoms with Crippen LogP contribution in [0, 0.1) is 11.3 Å². The molecule has 1 aromatic heterocycles. The van der Waals surface area contributed by atoms with Gasteiger partial charge in [0.25, 0.3) is 5.91 Å². The number of hydrogen-bond acceptors (Lipinski definition) is 3. The third kappa shape index (κ3) is 3.16. The van der Waals surface area contributed by atoms with Crippen molar-refractivity contribution < 1.29 is 9.53 Å². The molecule has 0 saturated carbocycles. The molecule has 0 unspecified atom stereocenters. The molecule has 21 heavy (non-hydrogen) atoms. The first-order valence-corrected chi connectivity index (χ1v) is 8.75. The summed E-state index contributed by atoms with van der Waals surface area (Å²) in [5, 5.41) is 0. The lowest BCUT2D eigenvalue weighted by Gasteiger charge is -2.33. The molecule has 0 spiro atoms. The molecule has 1 atom stereocenters. The molecular weight excluding hydrogens is 282 g/mol. The van der Waals surface area contributed by atoms with Crippen molar-refractivity contribution in [2.75, 3.05) is 26.3 Å². The van der Waals surface area contributed by atoms with Crippen LogP contribution in [0.4, 0.5) is 0 Å². The normalized spacial score (nSPS) is 23.0. The van der Waals surface area contributed by atoms with Crippen LogP contribution in [-0.4, -0.2) is 37.1 Å². The van der Waals surface area contributed by atoms with Gasteiger partial charge in [0.05, 0.1) is 18.1 Å².